The van der Waals surface area contributed by atoms with Crippen LogP contribution in [0, 0.1) is 6.92 Å². The third-order valence-electron chi connectivity index (χ3n) is 4.50. The van der Waals surface area contributed by atoms with Crippen LogP contribution in [0.4, 0.5) is 5.69 Å². The van der Waals surface area contributed by atoms with Gasteiger partial charge in [-0.1, -0.05) is 42.1 Å². The Morgan fingerprint density at radius 1 is 1.26 bits per heavy atom. The zero-order valence-corrected chi connectivity index (χ0v) is 18.7. The number of para-hydroxylation sites is 1. The Morgan fingerprint density at radius 2 is 2.06 bits per heavy atom. The molecule has 2 aromatic carbocycles. The predicted molar refractivity (Wildman–Crippen MR) is 123 cm³/mol. The van der Waals surface area contributed by atoms with E-state index in [1.165, 1.54) is 11.8 Å². The van der Waals surface area contributed by atoms with Crippen molar-refractivity contribution in [1.82, 2.24) is 14.8 Å². The molecule has 7 nitrogen and oxygen atoms in total. The van der Waals surface area contributed by atoms with Crippen LogP contribution in [0.1, 0.15) is 24.4 Å². The lowest BCUT2D eigenvalue weighted by Crippen LogP contribution is -2.15. The molecular formula is C23H26N4O3S. The first-order valence-electron chi connectivity index (χ1n) is 9.84. The quantitative estimate of drug-likeness (QED) is 0.367. The number of thioether (sulfide) groups is 1. The molecule has 1 heterocycles. The summed E-state index contributed by atoms with van der Waals surface area (Å²) in [5.74, 6) is 2.22. The maximum absolute atomic E-state index is 12.4. The number of carbonyl (C=O) groups excluding carboxylic acids is 1. The van der Waals surface area contributed by atoms with E-state index in [-0.39, 0.29) is 17.8 Å². The Morgan fingerprint density at radius 3 is 2.81 bits per heavy atom. The molecule has 1 unspecified atom stereocenters. The zero-order chi connectivity index (χ0) is 22.2. The molecule has 0 fully saturated rings. The van der Waals surface area contributed by atoms with Crippen molar-refractivity contribution in [3.05, 3.63) is 72.6 Å². The SMILES string of the molecule is C=CCn1c(SCC(=O)Nc2cccc(OC)c2)nnc1C(C)Oc1ccccc1C. The van der Waals surface area contributed by atoms with Gasteiger partial charge in [-0.15, -0.1) is 16.8 Å². The Hall–Kier alpha value is -3.26. The third kappa shape index (κ3) is 5.88. The monoisotopic (exact) mass is 438 g/mol. The number of hydrogen-bond acceptors (Lipinski definition) is 6. The van der Waals surface area contributed by atoms with Gasteiger partial charge < -0.3 is 14.8 Å². The normalized spacial score (nSPS) is 11.6. The number of amides is 1. The van der Waals surface area contributed by atoms with E-state index in [1.807, 2.05) is 60.9 Å². The van der Waals surface area contributed by atoms with Crippen molar-refractivity contribution in [3.8, 4) is 11.5 Å². The fraction of sp³-hybridized carbons (Fsp3) is 0.261. The van der Waals surface area contributed by atoms with Gasteiger partial charge in [-0.3, -0.25) is 9.36 Å². The summed E-state index contributed by atoms with van der Waals surface area (Å²) in [6, 6.07) is 15.1. The lowest BCUT2D eigenvalue weighted by Gasteiger charge is -2.17. The highest BCUT2D eigenvalue weighted by atomic mass is 32.2. The molecule has 3 rings (SSSR count). The van der Waals surface area contributed by atoms with E-state index in [9.17, 15) is 4.79 Å². The van der Waals surface area contributed by atoms with Gasteiger partial charge in [0.1, 0.15) is 11.5 Å². The van der Waals surface area contributed by atoms with Crippen LogP contribution in [0.15, 0.2) is 66.3 Å². The van der Waals surface area contributed by atoms with Crippen LogP contribution in [-0.4, -0.2) is 33.5 Å². The molecule has 162 valence electrons. The lowest BCUT2D eigenvalue weighted by molar-refractivity contribution is -0.113. The second-order valence-electron chi connectivity index (χ2n) is 6.83. The second-order valence-corrected chi connectivity index (χ2v) is 7.78. The van der Waals surface area contributed by atoms with E-state index in [0.717, 1.165) is 11.3 Å². The minimum Gasteiger partial charge on any atom is -0.497 e. The minimum atomic E-state index is -0.312. The first-order valence-corrected chi connectivity index (χ1v) is 10.8. The fourth-order valence-electron chi connectivity index (χ4n) is 2.97. The molecule has 0 aliphatic heterocycles. The molecule has 3 aromatic rings. The average Bonchev–Trinajstić information content (AvgIpc) is 3.17. The van der Waals surface area contributed by atoms with Crippen LogP contribution in [-0.2, 0) is 11.3 Å². The largest absolute Gasteiger partial charge is 0.497 e. The Kier molecular flexibility index (Phi) is 7.72. The molecule has 1 N–H and O–H groups in total. The van der Waals surface area contributed by atoms with E-state index >= 15 is 0 Å². The van der Waals surface area contributed by atoms with Crippen LogP contribution in [0.2, 0.25) is 0 Å². The summed E-state index contributed by atoms with van der Waals surface area (Å²) in [6.45, 7) is 8.27. The summed E-state index contributed by atoms with van der Waals surface area (Å²) in [5, 5.41) is 12.1. The summed E-state index contributed by atoms with van der Waals surface area (Å²) in [6.07, 6.45) is 1.46. The molecule has 0 saturated heterocycles. The number of carbonyl (C=O) groups is 1. The molecular weight excluding hydrogens is 412 g/mol. The van der Waals surface area contributed by atoms with Crippen LogP contribution >= 0.6 is 11.8 Å². The molecule has 31 heavy (non-hydrogen) atoms. The minimum absolute atomic E-state index is 0.142. The molecule has 0 saturated carbocycles. The number of rotatable bonds is 10. The van der Waals surface area contributed by atoms with E-state index in [4.69, 9.17) is 9.47 Å². The number of nitrogens with zero attached hydrogens (tertiary/aromatic N) is 3. The standard InChI is InChI=1S/C23H26N4O3S/c1-5-13-27-22(17(3)30-20-12-7-6-9-16(20)2)25-26-23(27)31-15-21(28)24-18-10-8-11-19(14-18)29-4/h5-12,14,17H,1,13,15H2,2-4H3,(H,24,28). The summed E-state index contributed by atoms with van der Waals surface area (Å²) in [5.41, 5.74) is 1.73. The van der Waals surface area contributed by atoms with E-state index in [0.29, 0.717) is 29.0 Å². The summed E-state index contributed by atoms with van der Waals surface area (Å²) < 4.78 is 13.2. The number of methoxy groups -OCH3 is 1. The number of hydrogen-bond donors (Lipinski definition) is 1. The van der Waals surface area contributed by atoms with E-state index < -0.39 is 0 Å². The van der Waals surface area contributed by atoms with Gasteiger partial charge in [0.2, 0.25) is 5.91 Å². The maximum atomic E-state index is 12.4. The number of allylic oxidation sites excluding steroid dienone is 1. The van der Waals surface area contributed by atoms with Gasteiger partial charge in [-0.05, 0) is 37.6 Å². The van der Waals surface area contributed by atoms with Crippen molar-refractivity contribution in [3.63, 3.8) is 0 Å². The first-order chi connectivity index (χ1) is 15.0. The summed E-state index contributed by atoms with van der Waals surface area (Å²) in [4.78, 5) is 12.4. The molecule has 0 aliphatic carbocycles. The number of benzene rings is 2. The molecule has 0 bridgehead atoms. The number of aromatic nitrogens is 3. The Bertz CT molecular complexity index is 1050. The second kappa shape index (κ2) is 10.7. The van der Waals surface area contributed by atoms with Gasteiger partial charge in [0.05, 0.1) is 12.9 Å². The van der Waals surface area contributed by atoms with Crippen molar-refractivity contribution in [2.24, 2.45) is 0 Å². The number of nitrogens with one attached hydrogen (secondary N) is 1. The smallest absolute Gasteiger partial charge is 0.234 e. The summed E-state index contributed by atoms with van der Waals surface area (Å²) in [7, 11) is 1.59. The molecule has 1 amide bonds. The van der Waals surface area contributed by atoms with Crippen molar-refractivity contribution in [2.75, 3.05) is 18.2 Å². The Labute approximate surface area is 186 Å². The summed E-state index contributed by atoms with van der Waals surface area (Å²) >= 11 is 1.31. The fourth-order valence-corrected chi connectivity index (χ4v) is 3.72. The topological polar surface area (TPSA) is 78.3 Å². The third-order valence-corrected chi connectivity index (χ3v) is 5.47. The van der Waals surface area contributed by atoms with Crippen LogP contribution in [0.25, 0.3) is 0 Å². The number of aryl methyl sites for hydroxylation is 1. The highest BCUT2D eigenvalue weighted by Gasteiger charge is 2.20. The molecule has 8 heteroatoms. The predicted octanol–water partition coefficient (Wildman–Crippen LogP) is 4.65. The molecule has 1 aromatic heterocycles. The molecule has 0 radical (unpaired) electrons. The lowest BCUT2D eigenvalue weighted by atomic mass is 10.2. The van der Waals surface area contributed by atoms with Gasteiger partial charge in [0.15, 0.2) is 17.1 Å². The number of anilines is 1. The number of ether oxygens (including phenoxy) is 2. The molecule has 0 aliphatic rings. The zero-order valence-electron chi connectivity index (χ0n) is 17.9. The van der Waals surface area contributed by atoms with Gasteiger partial charge >= 0.3 is 0 Å². The first kappa shape index (κ1) is 22.4. The Balaban J connectivity index is 1.67. The van der Waals surface area contributed by atoms with Crippen molar-refractivity contribution in [1.29, 1.82) is 0 Å². The van der Waals surface area contributed by atoms with E-state index in [1.54, 1.807) is 19.3 Å². The van der Waals surface area contributed by atoms with Crippen molar-refractivity contribution >= 4 is 23.4 Å². The van der Waals surface area contributed by atoms with Crippen LogP contribution in [0.5, 0.6) is 11.5 Å². The van der Waals surface area contributed by atoms with E-state index in [2.05, 4.69) is 22.1 Å². The van der Waals surface area contributed by atoms with Crippen LogP contribution in [0.3, 0.4) is 0 Å². The van der Waals surface area contributed by atoms with Gasteiger partial charge in [-0.2, -0.15) is 0 Å². The maximum Gasteiger partial charge on any atom is 0.234 e. The molecule has 1 atom stereocenters. The van der Waals surface area contributed by atoms with Gasteiger partial charge in [0, 0.05) is 18.3 Å². The van der Waals surface area contributed by atoms with Crippen LogP contribution < -0.4 is 14.8 Å². The average molecular weight is 439 g/mol. The highest BCUT2D eigenvalue weighted by molar-refractivity contribution is 7.99. The highest BCUT2D eigenvalue weighted by Crippen LogP contribution is 2.26. The van der Waals surface area contributed by atoms with Gasteiger partial charge in [0.25, 0.3) is 0 Å². The molecule has 0 spiro atoms. The van der Waals surface area contributed by atoms with Gasteiger partial charge in [-0.25, -0.2) is 0 Å². The van der Waals surface area contributed by atoms with Crippen molar-refractivity contribution in [2.45, 2.75) is 31.7 Å². The van der Waals surface area contributed by atoms with Crippen molar-refractivity contribution < 1.29 is 14.3 Å².